The van der Waals surface area contributed by atoms with Crippen molar-refractivity contribution in [2.45, 2.75) is 33.2 Å². The average molecular weight is 293 g/mol. The number of aliphatic carboxylic acids is 1. The Morgan fingerprint density at radius 2 is 1.86 bits per heavy atom. The summed E-state index contributed by atoms with van der Waals surface area (Å²) in [5.41, 5.74) is 0.942. The Balaban J connectivity index is 2.44. The van der Waals surface area contributed by atoms with E-state index in [0.29, 0.717) is 6.42 Å². The van der Waals surface area contributed by atoms with E-state index in [4.69, 9.17) is 5.11 Å². The lowest BCUT2D eigenvalue weighted by Gasteiger charge is -2.18. The maximum Gasteiger partial charge on any atom is 0.315 e. The van der Waals surface area contributed by atoms with Crippen molar-refractivity contribution in [1.82, 2.24) is 15.6 Å². The van der Waals surface area contributed by atoms with Gasteiger partial charge in [-0.05, 0) is 37.0 Å². The summed E-state index contributed by atoms with van der Waals surface area (Å²) in [5.74, 6) is -1.18. The summed E-state index contributed by atoms with van der Waals surface area (Å²) >= 11 is 0. The fourth-order valence-electron chi connectivity index (χ4n) is 2.04. The molecular weight excluding hydrogens is 270 g/mol. The molecule has 0 saturated heterocycles. The molecule has 2 atom stereocenters. The number of nitrogens with zero attached hydrogens (tertiary/aromatic N) is 1. The molecule has 1 heterocycles. The molecule has 1 rings (SSSR count). The number of amides is 2. The monoisotopic (exact) mass is 293 g/mol. The molecule has 6 nitrogen and oxygen atoms in total. The summed E-state index contributed by atoms with van der Waals surface area (Å²) < 4.78 is 0. The summed E-state index contributed by atoms with van der Waals surface area (Å²) in [6.45, 7) is 5.91. The number of nitrogens with one attached hydrogen (secondary N) is 2. The van der Waals surface area contributed by atoms with Gasteiger partial charge in [0.2, 0.25) is 0 Å². The standard InChI is InChI=1S/C15H23N3O3/c1-10(2)8-13(14(19)20)9-17-15(21)18-11(3)12-4-6-16-7-5-12/h4-7,10-11,13H,8-9H2,1-3H3,(H,19,20)(H2,17,18,21). The number of urea groups is 1. The highest BCUT2D eigenvalue weighted by atomic mass is 16.4. The zero-order valence-corrected chi connectivity index (χ0v) is 12.7. The fourth-order valence-corrected chi connectivity index (χ4v) is 2.04. The van der Waals surface area contributed by atoms with Gasteiger partial charge in [-0.2, -0.15) is 0 Å². The summed E-state index contributed by atoms with van der Waals surface area (Å²) in [7, 11) is 0. The molecule has 0 bridgehead atoms. The van der Waals surface area contributed by atoms with Crippen LogP contribution in [0.15, 0.2) is 24.5 Å². The van der Waals surface area contributed by atoms with Crippen LogP contribution in [0.25, 0.3) is 0 Å². The van der Waals surface area contributed by atoms with Crippen molar-refractivity contribution in [1.29, 1.82) is 0 Å². The van der Waals surface area contributed by atoms with E-state index in [1.165, 1.54) is 0 Å². The Bertz CT molecular complexity index is 462. The predicted octanol–water partition coefficient (Wildman–Crippen LogP) is 2.19. The SMILES string of the molecule is CC(C)CC(CNC(=O)NC(C)c1ccncc1)C(=O)O. The normalized spacial score (nSPS) is 13.5. The molecule has 116 valence electrons. The number of carbonyl (C=O) groups is 2. The molecule has 21 heavy (non-hydrogen) atoms. The molecule has 3 N–H and O–H groups in total. The molecule has 0 radical (unpaired) electrons. The zero-order valence-electron chi connectivity index (χ0n) is 12.7. The van der Waals surface area contributed by atoms with E-state index in [1.807, 2.05) is 32.9 Å². The van der Waals surface area contributed by atoms with Gasteiger partial charge in [0.15, 0.2) is 0 Å². The highest BCUT2D eigenvalue weighted by Crippen LogP contribution is 2.12. The van der Waals surface area contributed by atoms with Crippen LogP contribution in [0.2, 0.25) is 0 Å². The lowest BCUT2D eigenvalue weighted by molar-refractivity contribution is -0.142. The molecule has 0 aliphatic carbocycles. The van der Waals surface area contributed by atoms with Crippen LogP contribution in [-0.4, -0.2) is 28.6 Å². The van der Waals surface area contributed by atoms with Gasteiger partial charge in [-0.15, -0.1) is 0 Å². The number of carboxylic acids is 1. The van der Waals surface area contributed by atoms with Gasteiger partial charge in [-0.3, -0.25) is 9.78 Å². The van der Waals surface area contributed by atoms with Gasteiger partial charge >= 0.3 is 12.0 Å². The third kappa shape index (κ3) is 6.25. The Morgan fingerprint density at radius 1 is 1.24 bits per heavy atom. The number of hydrogen-bond acceptors (Lipinski definition) is 3. The van der Waals surface area contributed by atoms with E-state index < -0.39 is 11.9 Å². The first-order chi connectivity index (χ1) is 9.90. The Kier molecular flexibility index (Phi) is 6.65. The van der Waals surface area contributed by atoms with Crippen molar-refractivity contribution >= 4 is 12.0 Å². The van der Waals surface area contributed by atoms with Crippen LogP contribution in [0.4, 0.5) is 4.79 Å². The average Bonchev–Trinajstić information content (AvgIpc) is 2.43. The molecule has 0 aromatic carbocycles. The Morgan fingerprint density at radius 3 is 2.38 bits per heavy atom. The maximum absolute atomic E-state index is 11.8. The van der Waals surface area contributed by atoms with E-state index in [0.717, 1.165) is 5.56 Å². The smallest absolute Gasteiger partial charge is 0.315 e. The molecule has 0 aliphatic rings. The fraction of sp³-hybridized carbons (Fsp3) is 0.533. The van der Waals surface area contributed by atoms with Gasteiger partial charge < -0.3 is 15.7 Å². The molecule has 6 heteroatoms. The highest BCUT2D eigenvalue weighted by Gasteiger charge is 2.20. The summed E-state index contributed by atoms with van der Waals surface area (Å²) in [4.78, 5) is 26.8. The molecule has 1 aromatic heterocycles. The van der Waals surface area contributed by atoms with E-state index in [1.54, 1.807) is 12.4 Å². The number of rotatable bonds is 7. The van der Waals surface area contributed by atoms with Crippen LogP contribution >= 0.6 is 0 Å². The molecule has 0 fully saturated rings. The number of aromatic nitrogens is 1. The number of pyridine rings is 1. The van der Waals surface area contributed by atoms with Crippen LogP contribution in [0.5, 0.6) is 0 Å². The van der Waals surface area contributed by atoms with Crippen LogP contribution in [0.1, 0.15) is 38.8 Å². The minimum absolute atomic E-state index is 0.127. The molecule has 2 amide bonds. The first-order valence-electron chi connectivity index (χ1n) is 7.07. The van der Waals surface area contributed by atoms with E-state index in [2.05, 4.69) is 15.6 Å². The number of hydrogen-bond donors (Lipinski definition) is 3. The van der Waals surface area contributed by atoms with Crippen molar-refractivity contribution in [3.63, 3.8) is 0 Å². The van der Waals surface area contributed by atoms with E-state index >= 15 is 0 Å². The van der Waals surface area contributed by atoms with Gasteiger partial charge in [0.05, 0.1) is 12.0 Å². The maximum atomic E-state index is 11.8. The third-order valence-electron chi connectivity index (χ3n) is 3.17. The molecule has 0 aliphatic heterocycles. The van der Waals surface area contributed by atoms with Gasteiger partial charge in [-0.1, -0.05) is 13.8 Å². The minimum Gasteiger partial charge on any atom is -0.481 e. The quantitative estimate of drug-likeness (QED) is 0.718. The van der Waals surface area contributed by atoms with Crippen LogP contribution in [0.3, 0.4) is 0 Å². The van der Waals surface area contributed by atoms with Crippen LogP contribution in [-0.2, 0) is 4.79 Å². The molecule has 0 saturated carbocycles. The van der Waals surface area contributed by atoms with Crippen molar-refractivity contribution in [2.24, 2.45) is 11.8 Å². The van der Waals surface area contributed by atoms with Crippen molar-refractivity contribution in [3.05, 3.63) is 30.1 Å². The minimum atomic E-state index is -0.883. The van der Waals surface area contributed by atoms with Gasteiger partial charge in [0, 0.05) is 18.9 Å². The van der Waals surface area contributed by atoms with Crippen molar-refractivity contribution in [2.75, 3.05) is 6.54 Å². The lowest BCUT2D eigenvalue weighted by atomic mass is 9.97. The largest absolute Gasteiger partial charge is 0.481 e. The van der Waals surface area contributed by atoms with Crippen LogP contribution in [0, 0.1) is 11.8 Å². The lowest BCUT2D eigenvalue weighted by Crippen LogP contribution is -2.41. The number of carbonyl (C=O) groups excluding carboxylic acids is 1. The molecule has 0 spiro atoms. The van der Waals surface area contributed by atoms with Crippen LogP contribution < -0.4 is 10.6 Å². The summed E-state index contributed by atoms with van der Waals surface area (Å²) in [6.07, 6.45) is 3.86. The predicted molar refractivity (Wildman–Crippen MR) is 79.8 cm³/mol. The zero-order chi connectivity index (χ0) is 15.8. The van der Waals surface area contributed by atoms with Gasteiger partial charge in [0.25, 0.3) is 0 Å². The first-order valence-corrected chi connectivity index (χ1v) is 7.07. The third-order valence-corrected chi connectivity index (χ3v) is 3.17. The summed E-state index contributed by atoms with van der Waals surface area (Å²) in [5, 5.41) is 14.5. The van der Waals surface area contributed by atoms with Crippen molar-refractivity contribution < 1.29 is 14.7 Å². The number of carboxylic acid groups (broad SMARTS) is 1. The second kappa shape index (κ2) is 8.24. The van der Waals surface area contributed by atoms with Gasteiger partial charge in [0.1, 0.15) is 0 Å². The Hall–Kier alpha value is -2.11. The van der Waals surface area contributed by atoms with Gasteiger partial charge in [-0.25, -0.2) is 4.79 Å². The van der Waals surface area contributed by atoms with E-state index in [-0.39, 0.29) is 24.5 Å². The summed E-state index contributed by atoms with van der Waals surface area (Å²) in [6, 6.07) is 3.11. The van der Waals surface area contributed by atoms with E-state index in [9.17, 15) is 9.59 Å². The topological polar surface area (TPSA) is 91.3 Å². The second-order valence-electron chi connectivity index (χ2n) is 5.52. The Labute approximate surface area is 125 Å². The highest BCUT2D eigenvalue weighted by molar-refractivity contribution is 5.76. The van der Waals surface area contributed by atoms with Crippen molar-refractivity contribution in [3.8, 4) is 0 Å². The first kappa shape index (κ1) is 16.9. The molecule has 1 aromatic rings. The second-order valence-corrected chi connectivity index (χ2v) is 5.52. The molecule has 2 unspecified atom stereocenters. The molecular formula is C15H23N3O3.